The molecule has 0 aliphatic carbocycles. The van der Waals surface area contributed by atoms with E-state index in [0.29, 0.717) is 21.8 Å². The molecule has 0 radical (unpaired) electrons. The van der Waals surface area contributed by atoms with Crippen molar-refractivity contribution in [3.8, 4) is 0 Å². The van der Waals surface area contributed by atoms with Gasteiger partial charge < -0.3 is 15.5 Å². The number of amides is 1. The summed E-state index contributed by atoms with van der Waals surface area (Å²) in [4.78, 5) is 24.8. The molecule has 128 valence electrons. The number of nitrogens with one attached hydrogen (secondary N) is 2. The number of anilines is 2. The van der Waals surface area contributed by atoms with Crippen molar-refractivity contribution in [1.82, 2.24) is 15.3 Å². The van der Waals surface area contributed by atoms with Gasteiger partial charge in [0.05, 0.1) is 22.5 Å². The minimum absolute atomic E-state index is 0.230. The van der Waals surface area contributed by atoms with Crippen molar-refractivity contribution in [3.63, 3.8) is 0 Å². The number of benzene rings is 1. The van der Waals surface area contributed by atoms with Crippen molar-refractivity contribution in [1.29, 1.82) is 0 Å². The minimum Gasteiger partial charge on any atom is -0.353 e. The predicted octanol–water partition coefficient (Wildman–Crippen LogP) is 3.01. The fraction of sp³-hybridized carbons (Fsp3) is 0.235. The number of aromatic nitrogens is 2. The van der Waals surface area contributed by atoms with Gasteiger partial charge in [0, 0.05) is 31.6 Å². The van der Waals surface area contributed by atoms with Crippen LogP contribution in [-0.2, 0) is 0 Å². The molecule has 8 heteroatoms. The molecule has 0 bridgehead atoms. The maximum absolute atomic E-state index is 12.7. The fourth-order valence-electron chi connectivity index (χ4n) is 2.76. The maximum Gasteiger partial charge on any atom is 0.258 e. The van der Waals surface area contributed by atoms with Gasteiger partial charge in [-0.1, -0.05) is 23.7 Å². The Bertz CT molecular complexity index is 922. The number of carbonyl (C=O) groups is 1. The lowest BCUT2D eigenvalue weighted by atomic mass is 10.2. The third kappa shape index (κ3) is 3.30. The summed E-state index contributed by atoms with van der Waals surface area (Å²) in [6.07, 6.45) is 1.78. The fourth-order valence-corrected chi connectivity index (χ4v) is 3.77. The van der Waals surface area contributed by atoms with E-state index in [-0.39, 0.29) is 5.91 Å². The van der Waals surface area contributed by atoms with Gasteiger partial charge in [0.25, 0.3) is 5.91 Å². The number of rotatable bonds is 3. The summed E-state index contributed by atoms with van der Waals surface area (Å²) in [6.45, 7) is 3.60. The summed E-state index contributed by atoms with van der Waals surface area (Å²) in [5.74, 6) is 0.574. The van der Waals surface area contributed by atoms with Crippen LogP contribution in [0, 0.1) is 0 Å². The van der Waals surface area contributed by atoms with E-state index in [1.54, 1.807) is 23.7 Å². The third-order valence-electron chi connectivity index (χ3n) is 4.08. The second-order valence-electron chi connectivity index (χ2n) is 5.70. The first-order chi connectivity index (χ1) is 12.2. The lowest BCUT2D eigenvalue weighted by molar-refractivity contribution is 0.102. The first kappa shape index (κ1) is 16.3. The quantitative estimate of drug-likeness (QED) is 0.738. The van der Waals surface area contributed by atoms with Crippen LogP contribution in [0.5, 0.6) is 0 Å². The van der Waals surface area contributed by atoms with Gasteiger partial charge in [0.2, 0.25) is 0 Å². The van der Waals surface area contributed by atoms with Crippen molar-refractivity contribution >= 4 is 50.7 Å². The van der Waals surface area contributed by atoms with Crippen LogP contribution < -0.4 is 15.5 Å². The van der Waals surface area contributed by atoms with Crippen molar-refractivity contribution in [2.75, 3.05) is 36.4 Å². The number of nitrogens with zero attached hydrogens (tertiary/aromatic N) is 3. The summed E-state index contributed by atoms with van der Waals surface area (Å²) in [7, 11) is 0. The van der Waals surface area contributed by atoms with Crippen LogP contribution in [0.1, 0.15) is 10.4 Å². The van der Waals surface area contributed by atoms with E-state index in [4.69, 9.17) is 16.6 Å². The molecular formula is C17H16ClN5OS. The van der Waals surface area contributed by atoms with Crippen LogP contribution in [0.15, 0.2) is 35.8 Å². The Kier molecular flexibility index (Phi) is 4.52. The monoisotopic (exact) mass is 373 g/mol. The Labute approximate surface area is 153 Å². The molecule has 1 fully saturated rings. The van der Waals surface area contributed by atoms with E-state index in [1.165, 1.54) is 11.3 Å². The van der Waals surface area contributed by atoms with E-state index in [2.05, 4.69) is 20.5 Å². The molecule has 1 aliphatic rings. The molecule has 25 heavy (non-hydrogen) atoms. The number of carbonyl (C=O) groups excluding carboxylic acids is 1. The molecule has 1 amide bonds. The van der Waals surface area contributed by atoms with Crippen molar-refractivity contribution in [2.45, 2.75) is 0 Å². The van der Waals surface area contributed by atoms with Crippen LogP contribution in [0.2, 0.25) is 5.02 Å². The zero-order chi connectivity index (χ0) is 17.2. The summed E-state index contributed by atoms with van der Waals surface area (Å²) in [5.41, 5.74) is 1.73. The lowest BCUT2D eigenvalue weighted by Crippen LogP contribution is -2.43. The normalized spacial score (nSPS) is 14.7. The Morgan fingerprint density at radius 1 is 1.28 bits per heavy atom. The second-order valence-corrected chi connectivity index (χ2v) is 6.97. The molecular weight excluding hydrogens is 358 g/mol. The number of fused-ring (bicyclic) bond motifs is 1. The number of para-hydroxylation sites is 1. The van der Waals surface area contributed by atoms with Crippen LogP contribution >= 0.6 is 22.9 Å². The molecule has 0 unspecified atom stereocenters. The number of hydrogen-bond donors (Lipinski definition) is 2. The predicted molar refractivity (Wildman–Crippen MR) is 102 cm³/mol. The SMILES string of the molecule is O=C(Nc1ccccc1Cl)c1csc2ncc(N3CCNCC3)nc12. The lowest BCUT2D eigenvalue weighted by Gasteiger charge is -2.28. The number of halogens is 1. The number of hydrogen-bond acceptors (Lipinski definition) is 6. The summed E-state index contributed by atoms with van der Waals surface area (Å²) >= 11 is 7.54. The first-order valence-electron chi connectivity index (χ1n) is 7.98. The Morgan fingerprint density at radius 3 is 2.88 bits per heavy atom. The van der Waals surface area contributed by atoms with Gasteiger partial charge in [0.15, 0.2) is 0 Å². The van der Waals surface area contributed by atoms with Crippen LogP contribution in [0.4, 0.5) is 11.5 Å². The zero-order valence-electron chi connectivity index (χ0n) is 13.3. The Morgan fingerprint density at radius 2 is 2.08 bits per heavy atom. The van der Waals surface area contributed by atoms with E-state index in [9.17, 15) is 4.79 Å². The molecule has 6 nitrogen and oxygen atoms in total. The molecule has 0 atom stereocenters. The zero-order valence-corrected chi connectivity index (χ0v) is 14.9. The molecule has 0 saturated carbocycles. The number of piperazine rings is 1. The summed E-state index contributed by atoms with van der Waals surface area (Å²) in [6, 6.07) is 7.16. The van der Waals surface area contributed by atoms with E-state index in [1.807, 2.05) is 12.1 Å². The van der Waals surface area contributed by atoms with Crippen molar-refractivity contribution < 1.29 is 4.79 Å². The standard InChI is InChI=1S/C17H16ClN5OS/c18-12-3-1-2-4-13(12)21-16(24)11-10-25-17-15(11)22-14(9-20-17)23-7-5-19-6-8-23/h1-4,9-10,19H,5-8H2,(H,21,24). The Hall–Kier alpha value is -2.22. The summed E-state index contributed by atoms with van der Waals surface area (Å²) < 4.78 is 0. The van der Waals surface area contributed by atoms with Crippen molar-refractivity contribution in [3.05, 3.63) is 46.4 Å². The number of thiophene rings is 1. The molecule has 1 aromatic carbocycles. The molecule has 2 aromatic heterocycles. The molecule has 0 spiro atoms. The van der Waals surface area contributed by atoms with Gasteiger partial charge in [-0.3, -0.25) is 4.79 Å². The molecule has 1 saturated heterocycles. The highest BCUT2D eigenvalue weighted by molar-refractivity contribution is 7.17. The molecule has 3 heterocycles. The topological polar surface area (TPSA) is 70.2 Å². The average molecular weight is 374 g/mol. The largest absolute Gasteiger partial charge is 0.353 e. The third-order valence-corrected chi connectivity index (χ3v) is 5.28. The van der Waals surface area contributed by atoms with Gasteiger partial charge >= 0.3 is 0 Å². The van der Waals surface area contributed by atoms with Gasteiger partial charge in [-0.15, -0.1) is 11.3 Å². The van der Waals surface area contributed by atoms with Crippen molar-refractivity contribution in [2.24, 2.45) is 0 Å². The van der Waals surface area contributed by atoms with Crippen LogP contribution in [-0.4, -0.2) is 42.1 Å². The maximum atomic E-state index is 12.7. The average Bonchev–Trinajstić information content (AvgIpc) is 3.07. The van der Waals surface area contributed by atoms with E-state index < -0.39 is 0 Å². The second kappa shape index (κ2) is 6.95. The minimum atomic E-state index is -0.230. The molecule has 3 aromatic rings. The van der Waals surface area contributed by atoms with Gasteiger partial charge in [-0.25, -0.2) is 9.97 Å². The Balaban J connectivity index is 1.65. The van der Waals surface area contributed by atoms with Crippen LogP contribution in [0.25, 0.3) is 10.3 Å². The van der Waals surface area contributed by atoms with Gasteiger partial charge in [0.1, 0.15) is 16.2 Å². The van der Waals surface area contributed by atoms with Crippen LogP contribution in [0.3, 0.4) is 0 Å². The van der Waals surface area contributed by atoms with E-state index >= 15 is 0 Å². The molecule has 4 rings (SSSR count). The highest BCUT2D eigenvalue weighted by Gasteiger charge is 2.18. The molecule has 2 N–H and O–H groups in total. The highest BCUT2D eigenvalue weighted by atomic mass is 35.5. The molecule has 1 aliphatic heterocycles. The highest BCUT2D eigenvalue weighted by Crippen LogP contribution is 2.27. The first-order valence-corrected chi connectivity index (χ1v) is 9.24. The summed E-state index contributed by atoms with van der Waals surface area (Å²) in [5, 5.41) is 8.46. The van der Waals surface area contributed by atoms with E-state index in [0.717, 1.165) is 36.8 Å². The van der Waals surface area contributed by atoms with Gasteiger partial charge in [-0.2, -0.15) is 0 Å². The van der Waals surface area contributed by atoms with Gasteiger partial charge in [-0.05, 0) is 12.1 Å². The smallest absolute Gasteiger partial charge is 0.258 e.